The number of aliphatic carboxylic acids is 1. The minimum atomic E-state index is -0.863. The molecule has 2 aliphatic heterocycles. The lowest BCUT2D eigenvalue weighted by atomic mass is 9.81. The first-order chi connectivity index (χ1) is 8.60. The van der Waals surface area contributed by atoms with Crippen molar-refractivity contribution >= 4 is 11.9 Å². The summed E-state index contributed by atoms with van der Waals surface area (Å²) in [5.41, 5.74) is -0.354. The van der Waals surface area contributed by atoms with Crippen LogP contribution in [-0.4, -0.2) is 47.6 Å². The van der Waals surface area contributed by atoms with Crippen LogP contribution in [0.3, 0.4) is 0 Å². The average molecular weight is 254 g/mol. The van der Waals surface area contributed by atoms with Crippen molar-refractivity contribution in [3.05, 3.63) is 0 Å². The molecule has 0 aliphatic carbocycles. The zero-order chi connectivity index (χ0) is 13.2. The third-order valence-electron chi connectivity index (χ3n) is 4.22. The quantitative estimate of drug-likeness (QED) is 0.780. The Hall–Kier alpha value is -1.10. The van der Waals surface area contributed by atoms with Gasteiger partial charge in [-0.2, -0.15) is 0 Å². The van der Waals surface area contributed by atoms with Gasteiger partial charge in [-0.3, -0.25) is 4.79 Å². The van der Waals surface area contributed by atoms with E-state index in [1.54, 1.807) is 4.90 Å². The predicted molar refractivity (Wildman–Crippen MR) is 67.2 cm³/mol. The Morgan fingerprint density at radius 1 is 1.50 bits per heavy atom. The molecule has 5 heteroatoms. The fourth-order valence-corrected chi connectivity index (χ4v) is 3.30. The highest BCUT2D eigenvalue weighted by Crippen LogP contribution is 2.35. The summed E-state index contributed by atoms with van der Waals surface area (Å²) in [5.74, 6) is -0.808. The van der Waals surface area contributed by atoms with E-state index in [9.17, 15) is 14.7 Å². The van der Waals surface area contributed by atoms with Crippen LogP contribution in [-0.2, 0) is 9.59 Å². The summed E-state index contributed by atoms with van der Waals surface area (Å²) in [4.78, 5) is 25.5. The van der Waals surface area contributed by atoms with Gasteiger partial charge in [0.2, 0.25) is 5.91 Å². The smallest absolute Gasteiger partial charge is 0.326 e. The third kappa shape index (κ3) is 2.23. The van der Waals surface area contributed by atoms with Gasteiger partial charge in [-0.05, 0) is 32.2 Å². The van der Waals surface area contributed by atoms with Crippen molar-refractivity contribution in [2.75, 3.05) is 19.6 Å². The van der Waals surface area contributed by atoms with Crippen LogP contribution in [0.1, 0.15) is 39.0 Å². The van der Waals surface area contributed by atoms with E-state index in [0.29, 0.717) is 19.5 Å². The summed E-state index contributed by atoms with van der Waals surface area (Å²) in [7, 11) is 0. The van der Waals surface area contributed by atoms with Crippen LogP contribution in [0.2, 0.25) is 0 Å². The molecule has 1 amide bonds. The molecular formula is C13H22N2O3. The summed E-state index contributed by atoms with van der Waals surface area (Å²) >= 11 is 0. The Morgan fingerprint density at radius 3 is 2.83 bits per heavy atom. The normalized spacial score (nSPS) is 31.8. The SMILES string of the molecule is CCCC1(C(=O)N2CCC[C@@H]2C(=O)O)CCNC1. The molecule has 0 aromatic rings. The van der Waals surface area contributed by atoms with Crippen molar-refractivity contribution < 1.29 is 14.7 Å². The molecule has 2 N–H and O–H groups in total. The second kappa shape index (κ2) is 5.26. The predicted octanol–water partition coefficient (Wildman–Crippen LogP) is 0.842. The van der Waals surface area contributed by atoms with Crippen molar-refractivity contribution in [3.8, 4) is 0 Å². The van der Waals surface area contributed by atoms with Crippen molar-refractivity contribution in [3.63, 3.8) is 0 Å². The number of rotatable bonds is 4. The zero-order valence-electron chi connectivity index (χ0n) is 10.9. The summed E-state index contributed by atoms with van der Waals surface area (Å²) in [6, 6.07) is -0.605. The number of likely N-dealkylation sites (tertiary alicyclic amines) is 1. The molecule has 18 heavy (non-hydrogen) atoms. The van der Waals surface area contributed by atoms with Gasteiger partial charge in [0.1, 0.15) is 6.04 Å². The number of hydrogen-bond donors (Lipinski definition) is 2. The van der Waals surface area contributed by atoms with Crippen LogP contribution in [0.4, 0.5) is 0 Å². The standard InChI is InChI=1S/C13H22N2O3/c1-2-5-13(6-7-14-9-13)12(18)15-8-3-4-10(15)11(16)17/h10,14H,2-9H2,1H3,(H,16,17)/t10-,13?/m1/s1. The summed E-state index contributed by atoms with van der Waals surface area (Å²) < 4.78 is 0. The lowest BCUT2D eigenvalue weighted by Gasteiger charge is -2.33. The van der Waals surface area contributed by atoms with Gasteiger partial charge in [0.05, 0.1) is 5.41 Å². The Bertz CT molecular complexity index is 337. The Labute approximate surface area is 108 Å². The third-order valence-corrected chi connectivity index (χ3v) is 4.22. The van der Waals surface area contributed by atoms with Crippen molar-refractivity contribution in [2.24, 2.45) is 5.41 Å². The maximum Gasteiger partial charge on any atom is 0.326 e. The van der Waals surface area contributed by atoms with Gasteiger partial charge in [0, 0.05) is 13.1 Å². The van der Waals surface area contributed by atoms with E-state index in [1.165, 1.54) is 0 Å². The topological polar surface area (TPSA) is 69.6 Å². The molecule has 0 aromatic carbocycles. The number of carboxylic acids is 1. The largest absolute Gasteiger partial charge is 0.480 e. The fraction of sp³-hybridized carbons (Fsp3) is 0.846. The Balaban J connectivity index is 2.15. The molecule has 0 aromatic heterocycles. The van der Waals surface area contributed by atoms with Gasteiger partial charge in [0.15, 0.2) is 0 Å². The van der Waals surface area contributed by atoms with E-state index in [1.807, 2.05) is 0 Å². The van der Waals surface area contributed by atoms with Crippen molar-refractivity contribution in [2.45, 2.75) is 45.1 Å². The lowest BCUT2D eigenvalue weighted by Crippen LogP contribution is -2.49. The van der Waals surface area contributed by atoms with Crippen molar-refractivity contribution in [1.29, 1.82) is 0 Å². The van der Waals surface area contributed by atoms with Gasteiger partial charge in [-0.25, -0.2) is 4.79 Å². The number of nitrogens with zero attached hydrogens (tertiary/aromatic N) is 1. The molecule has 2 rings (SSSR count). The second-order valence-corrected chi connectivity index (χ2v) is 5.45. The van der Waals surface area contributed by atoms with E-state index in [-0.39, 0.29) is 11.3 Å². The van der Waals surface area contributed by atoms with Crippen LogP contribution < -0.4 is 5.32 Å². The number of carboxylic acid groups (broad SMARTS) is 1. The van der Waals surface area contributed by atoms with Gasteiger partial charge in [-0.15, -0.1) is 0 Å². The van der Waals surface area contributed by atoms with Gasteiger partial charge >= 0.3 is 5.97 Å². The van der Waals surface area contributed by atoms with E-state index < -0.39 is 12.0 Å². The molecule has 2 saturated heterocycles. The molecule has 2 aliphatic rings. The van der Waals surface area contributed by atoms with Crippen molar-refractivity contribution in [1.82, 2.24) is 10.2 Å². The van der Waals surface area contributed by atoms with E-state index in [0.717, 1.165) is 32.2 Å². The van der Waals surface area contributed by atoms with Crippen LogP contribution in [0.5, 0.6) is 0 Å². The molecular weight excluding hydrogens is 232 g/mol. The maximum absolute atomic E-state index is 12.7. The van der Waals surface area contributed by atoms with Crippen LogP contribution >= 0.6 is 0 Å². The van der Waals surface area contributed by atoms with E-state index >= 15 is 0 Å². The zero-order valence-corrected chi connectivity index (χ0v) is 10.9. The van der Waals surface area contributed by atoms with Gasteiger partial charge in [0.25, 0.3) is 0 Å². The van der Waals surface area contributed by atoms with Crippen LogP contribution in [0.15, 0.2) is 0 Å². The molecule has 0 bridgehead atoms. The second-order valence-electron chi connectivity index (χ2n) is 5.45. The first-order valence-corrected chi connectivity index (χ1v) is 6.85. The van der Waals surface area contributed by atoms with E-state index in [2.05, 4.69) is 12.2 Å². The number of nitrogens with one attached hydrogen (secondary N) is 1. The average Bonchev–Trinajstić information content (AvgIpc) is 2.97. The highest BCUT2D eigenvalue weighted by molar-refractivity contribution is 5.88. The highest BCUT2D eigenvalue weighted by atomic mass is 16.4. The molecule has 2 atom stereocenters. The lowest BCUT2D eigenvalue weighted by molar-refractivity contribution is -0.152. The number of carbonyl (C=O) groups is 2. The molecule has 2 heterocycles. The minimum Gasteiger partial charge on any atom is -0.480 e. The van der Waals surface area contributed by atoms with E-state index in [4.69, 9.17) is 0 Å². The molecule has 1 unspecified atom stereocenters. The molecule has 0 radical (unpaired) electrons. The molecule has 0 spiro atoms. The number of hydrogen-bond acceptors (Lipinski definition) is 3. The Morgan fingerprint density at radius 2 is 2.28 bits per heavy atom. The summed E-state index contributed by atoms with van der Waals surface area (Å²) in [5, 5.41) is 12.4. The van der Waals surface area contributed by atoms with Crippen LogP contribution in [0.25, 0.3) is 0 Å². The Kier molecular flexibility index (Phi) is 3.90. The monoisotopic (exact) mass is 254 g/mol. The molecule has 0 saturated carbocycles. The first-order valence-electron chi connectivity index (χ1n) is 6.85. The molecule has 5 nitrogen and oxygen atoms in total. The molecule has 102 valence electrons. The fourth-order valence-electron chi connectivity index (χ4n) is 3.30. The minimum absolute atomic E-state index is 0.0549. The van der Waals surface area contributed by atoms with Gasteiger partial charge < -0.3 is 15.3 Å². The number of amides is 1. The molecule has 2 fully saturated rings. The summed E-state index contributed by atoms with van der Waals surface area (Å²) in [6.45, 7) is 4.23. The van der Waals surface area contributed by atoms with Gasteiger partial charge in [-0.1, -0.05) is 13.3 Å². The maximum atomic E-state index is 12.7. The highest BCUT2D eigenvalue weighted by Gasteiger charge is 2.46. The number of carbonyl (C=O) groups excluding carboxylic acids is 1. The first kappa shape index (κ1) is 13.3. The van der Waals surface area contributed by atoms with Crippen LogP contribution in [0, 0.1) is 5.41 Å². The summed E-state index contributed by atoms with van der Waals surface area (Å²) in [6.07, 6.45) is 4.04.